The second kappa shape index (κ2) is 4.05. The molecule has 1 heteroatoms. The van der Waals surface area contributed by atoms with Gasteiger partial charge >= 0.3 is 0 Å². The molecular formula is C13H12O. The third-order valence-electron chi connectivity index (χ3n) is 2.30. The lowest BCUT2D eigenvalue weighted by molar-refractivity contribution is -0.114. The van der Waals surface area contributed by atoms with Crippen LogP contribution in [0.1, 0.15) is 18.4 Å². The standard InChI is InChI=1S/C13H12O/c14-13-8-6-12(7-9-13)10-11-4-2-1-3-5-11/h1-6,8,10H,7,9H2. The van der Waals surface area contributed by atoms with E-state index in [9.17, 15) is 4.79 Å². The minimum Gasteiger partial charge on any atom is -0.295 e. The van der Waals surface area contributed by atoms with E-state index in [1.807, 2.05) is 24.3 Å². The van der Waals surface area contributed by atoms with Gasteiger partial charge in [-0.2, -0.15) is 0 Å². The Morgan fingerprint density at radius 1 is 1.00 bits per heavy atom. The van der Waals surface area contributed by atoms with Crippen molar-refractivity contribution in [2.24, 2.45) is 0 Å². The summed E-state index contributed by atoms with van der Waals surface area (Å²) < 4.78 is 0. The first kappa shape index (κ1) is 8.95. The van der Waals surface area contributed by atoms with E-state index in [1.54, 1.807) is 6.08 Å². The molecule has 0 N–H and O–H groups in total. The molecule has 70 valence electrons. The predicted octanol–water partition coefficient (Wildman–Crippen LogP) is 2.99. The van der Waals surface area contributed by atoms with Crippen molar-refractivity contribution in [3.8, 4) is 0 Å². The van der Waals surface area contributed by atoms with Crippen molar-refractivity contribution < 1.29 is 4.79 Å². The van der Waals surface area contributed by atoms with Crippen molar-refractivity contribution in [1.82, 2.24) is 0 Å². The van der Waals surface area contributed by atoms with Crippen molar-refractivity contribution in [1.29, 1.82) is 0 Å². The molecule has 14 heavy (non-hydrogen) atoms. The van der Waals surface area contributed by atoms with Gasteiger partial charge in [0, 0.05) is 6.42 Å². The van der Waals surface area contributed by atoms with Gasteiger partial charge in [0.15, 0.2) is 5.78 Å². The summed E-state index contributed by atoms with van der Waals surface area (Å²) in [5.74, 6) is 0.232. The van der Waals surface area contributed by atoms with Crippen LogP contribution in [0, 0.1) is 0 Å². The zero-order valence-corrected chi connectivity index (χ0v) is 7.94. The molecule has 0 saturated heterocycles. The highest BCUT2D eigenvalue weighted by atomic mass is 16.1. The summed E-state index contributed by atoms with van der Waals surface area (Å²) in [5, 5.41) is 0. The van der Waals surface area contributed by atoms with Gasteiger partial charge in [0.2, 0.25) is 0 Å². The predicted molar refractivity (Wildman–Crippen MR) is 57.8 cm³/mol. The van der Waals surface area contributed by atoms with Gasteiger partial charge in [0.25, 0.3) is 0 Å². The first-order chi connectivity index (χ1) is 6.84. The van der Waals surface area contributed by atoms with E-state index in [4.69, 9.17) is 0 Å². The second-order valence-corrected chi connectivity index (χ2v) is 3.43. The third-order valence-corrected chi connectivity index (χ3v) is 2.30. The molecule has 0 unspecified atom stereocenters. The average molecular weight is 184 g/mol. The number of benzene rings is 1. The Morgan fingerprint density at radius 2 is 1.79 bits per heavy atom. The summed E-state index contributed by atoms with van der Waals surface area (Å²) in [4.78, 5) is 10.9. The number of carbonyl (C=O) groups excluding carboxylic acids is 1. The molecule has 0 aliphatic heterocycles. The Bertz CT molecular complexity index is 385. The van der Waals surface area contributed by atoms with Gasteiger partial charge in [0.05, 0.1) is 0 Å². The van der Waals surface area contributed by atoms with Crippen molar-refractivity contribution in [3.05, 3.63) is 53.6 Å². The van der Waals surface area contributed by atoms with Crippen LogP contribution >= 0.6 is 0 Å². The van der Waals surface area contributed by atoms with Crippen molar-refractivity contribution in [3.63, 3.8) is 0 Å². The highest BCUT2D eigenvalue weighted by Crippen LogP contribution is 2.17. The number of hydrogen-bond donors (Lipinski definition) is 0. The molecule has 1 aromatic rings. The fraction of sp³-hybridized carbons (Fsp3) is 0.154. The number of allylic oxidation sites excluding steroid dienone is 3. The lowest BCUT2D eigenvalue weighted by Gasteiger charge is -2.05. The van der Waals surface area contributed by atoms with Crippen molar-refractivity contribution >= 4 is 11.9 Å². The second-order valence-electron chi connectivity index (χ2n) is 3.43. The van der Waals surface area contributed by atoms with Gasteiger partial charge in [-0.1, -0.05) is 42.5 Å². The highest BCUT2D eigenvalue weighted by molar-refractivity contribution is 5.92. The largest absolute Gasteiger partial charge is 0.295 e. The van der Waals surface area contributed by atoms with Crippen LogP contribution < -0.4 is 0 Å². The SMILES string of the molecule is O=C1C=CC(=Cc2ccccc2)CC1. The molecule has 1 aliphatic carbocycles. The third kappa shape index (κ3) is 2.19. The average Bonchev–Trinajstić information content (AvgIpc) is 2.23. The fourth-order valence-electron chi connectivity index (χ4n) is 1.52. The van der Waals surface area contributed by atoms with Gasteiger partial charge in [0.1, 0.15) is 0 Å². The Morgan fingerprint density at radius 3 is 2.43 bits per heavy atom. The van der Waals surface area contributed by atoms with Crippen LogP contribution in [0.5, 0.6) is 0 Å². The summed E-state index contributed by atoms with van der Waals surface area (Å²) in [5.41, 5.74) is 2.43. The van der Waals surface area contributed by atoms with Crippen LogP contribution in [0.2, 0.25) is 0 Å². The van der Waals surface area contributed by atoms with Gasteiger partial charge in [-0.05, 0) is 23.6 Å². The Balaban J connectivity index is 2.20. The molecule has 0 aromatic heterocycles. The summed E-state index contributed by atoms with van der Waals surface area (Å²) in [6.07, 6.45) is 7.22. The molecule has 2 rings (SSSR count). The molecule has 0 radical (unpaired) electrons. The Labute approximate surface area is 83.8 Å². The van der Waals surface area contributed by atoms with Crippen LogP contribution in [-0.2, 0) is 4.79 Å². The Kier molecular flexibility index (Phi) is 2.59. The van der Waals surface area contributed by atoms with Gasteiger partial charge in [-0.25, -0.2) is 0 Å². The number of hydrogen-bond acceptors (Lipinski definition) is 1. The molecule has 0 saturated carbocycles. The van der Waals surface area contributed by atoms with Crippen LogP contribution in [0.25, 0.3) is 6.08 Å². The first-order valence-corrected chi connectivity index (χ1v) is 4.81. The Hall–Kier alpha value is -1.63. The zero-order valence-electron chi connectivity index (χ0n) is 7.94. The van der Waals surface area contributed by atoms with E-state index in [1.165, 1.54) is 11.1 Å². The molecule has 0 spiro atoms. The molecule has 0 fully saturated rings. The minimum atomic E-state index is 0.232. The number of rotatable bonds is 1. The van der Waals surface area contributed by atoms with E-state index < -0.39 is 0 Å². The molecule has 1 aliphatic rings. The molecule has 1 aromatic carbocycles. The quantitative estimate of drug-likeness (QED) is 0.655. The summed E-state index contributed by atoms with van der Waals surface area (Å²) in [7, 11) is 0. The van der Waals surface area contributed by atoms with Gasteiger partial charge in [-0.15, -0.1) is 0 Å². The van der Waals surface area contributed by atoms with Crippen LogP contribution in [0.3, 0.4) is 0 Å². The highest BCUT2D eigenvalue weighted by Gasteiger charge is 2.05. The summed E-state index contributed by atoms with van der Waals surface area (Å²) >= 11 is 0. The van der Waals surface area contributed by atoms with Gasteiger partial charge in [-0.3, -0.25) is 4.79 Å². The lowest BCUT2D eigenvalue weighted by atomic mass is 9.99. The van der Waals surface area contributed by atoms with Crippen LogP contribution in [-0.4, -0.2) is 5.78 Å². The van der Waals surface area contributed by atoms with Crippen LogP contribution in [0.4, 0.5) is 0 Å². The minimum absolute atomic E-state index is 0.232. The molecule has 1 nitrogen and oxygen atoms in total. The number of ketones is 1. The van der Waals surface area contributed by atoms with Crippen molar-refractivity contribution in [2.45, 2.75) is 12.8 Å². The van der Waals surface area contributed by atoms with E-state index in [0.717, 1.165) is 6.42 Å². The molecule has 0 bridgehead atoms. The van der Waals surface area contributed by atoms with Gasteiger partial charge < -0.3 is 0 Å². The summed E-state index contributed by atoms with van der Waals surface area (Å²) in [6, 6.07) is 10.2. The number of carbonyl (C=O) groups is 1. The maximum Gasteiger partial charge on any atom is 0.156 e. The maximum atomic E-state index is 10.9. The molecule has 0 heterocycles. The van der Waals surface area contributed by atoms with Crippen molar-refractivity contribution in [2.75, 3.05) is 0 Å². The molecule has 0 amide bonds. The van der Waals surface area contributed by atoms with E-state index in [-0.39, 0.29) is 5.78 Å². The summed E-state index contributed by atoms with van der Waals surface area (Å²) in [6.45, 7) is 0. The van der Waals surface area contributed by atoms with E-state index in [2.05, 4.69) is 18.2 Å². The smallest absolute Gasteiger partial charge is 0.156 e. The monoisotopic (exact) mass is 184 g/mol. The lowest BCUT2D eigenvalue weighted by Crippen LogP contribution is -1.98. The van der Waals surface area contributed by atoms with E-state index in [0.29, 0.717) is 6.42 Å². The normalized spacial score (nSPS) is 18.9. The van der Waals surface area contributed by atoms with Crippen LogP contribution in [0.15, 0.2) is 48.1 Å². The molecular weight excluding hydrogens is 172 g/mol. The fourth-order valence-corrected chi connectivity index (χ4v) is 1.52. The molecule has 0 atom stereocenters. The topological polar surface area (TPSA) is 17.1 Å². The zero-order chi connectivity index (χ0) is 9.80. The first-order valence-electron chi connectivity index (χ1n) is 4.81. The van der Waals surface area contributed by atoms with E-state index >= 15 is 0 Å². The maximum absolute atomic E-state index is 10.9.